The second-order valence-electron chi connectivity index (χ2n) is 5.76. The molecule has 1 atom stereocenters. The van der Waals surface area contributed by atoms with Crippen LogP contribution in [-0.2, 0) is 6.42 Å². The predicted molar refractivity (Wildman–Crippen MR) is 79.4 cm³/mol. The second-order valence-corrected chi connectivity index (χ2v) is 5.76. The van der Waals surface area contributed by atoms with Crippen LogP contribution in [0.2, 0.25) is 0 Å². The van der Waals surface area contributed by atoms with Gasteiger partial charge in [-0.05, 0) is 44.4 Å². The van der Waals surface area contributed by atoms with Crippen LogP contribution in [0.15, 0.2) is 24.3 Å². The van der Waals surface area contributed by atoms with Gasteiger partial charge in [-0.2, -0.15) is 0 Å². The van der Waals surface area contributed by atoms with E-state index in [0.717, 1.165) is 47.7 Å². The standard InChI is InChI=1S/C17H19NO3/c1-11-9-13-14(3-2-4-15(13)19)18(11)12-5-6-16-17(10-12)21-8-7-20-16/h5-6,9-10,15,19H,2-4,7-8H2,1H3. The minimum absolute atomic E-state index is 0.328. The minimum atomic E-state index is -0.328. The number of aryl methyl sites for hydroxylation is 1. The lowest BCUT2D eigenvalue weighted by Gasteiger charge is -2.22. The molecule has 0 saturated heterocycles. The van der Waals surface area contributed by atoms with E-state index in [1.54, 1.807) is 0 Å². The fourth-order valence-corrected chi connectivity index (χ4v) is 3.41. The Labute approximate surface area is 123 Å². The van der Waals surface area contributed by atoms with Crippen LogP contribution in [0.5, 0.6) is 11.5 Å². The molecule has 2 aliphatic rings. The summed E-state index contributed by atoms with van der Waals surface area (Å²) in [6, 6.07) is 8.16. The summed E-state index contributed by atoms with van der Waals surface area (Å²) < 4.78 is 13.5. The third-order valence-corrected chi connectivity index (χ3v) is 4.35. The molecule has 110 valence electrons. The van der Waals surface area contributed by atoms with E-state index >= 15 is 0 Å². The summed E-state index contributed by atoms with van der Waals surface area (Å²) in [5.41, 5.74) is 4.53. The largest absolute Gasteiger partial charge is 0.486 e. The summed E-state index contributed by atoms with van der Waals surface area (Å²) in [5.74, 6) is 1.61. The van der Waals surface area contributed by atoms with Gasteiger partial charge in [0.2, 0.25) is 0 Å². The molecule has 1 aliphatic carbocycles. The average Bonchev–Trinajstić information content (AvgIpc) is 2.84. The summed E-state index contributed by atoms with van der Waals surface area (Å²) in [4.78, 5) is 0. The fourth-order valence-electron chi connectivity index (χ4n) is 3.41. The molecule has 4 nitrogen and oxygen atoms in total. The Morgan fingerprint density at radius 3 is 2.81 bits per heavy atom. The Balaban J connectivity index is 1.83. The number of ether oxygens (including phenoxy) is 2. The molecule has 1 unspecified atom stereocenters. The van der Waals surface area contributed by atoms with E-state index in [1.165, 1.54) is 5.69 Å². The van der Waals surface area contributed by atoms with E-state index in [2.05, 4.69) is 23.6 Å². The lowest BCUT2D eigenvalue weighted by molar-refractivity contribution is 0.156. The highest BCUT2D eigenvalue weighted by Crippen LogP contribution is 2.37. The first kappa shape index (κ1) is 12.8. The monoisotopic (exact) mass is 285 g/mol. The van der Waals surface area contributed by atoms with Crippen LogP contribution < -0.4 is 9.47 Å². The van der Waals surface area contributed by atoms with E-state index < -0.39 is 0 Å². The molecule has 4 rings (SSSR count). The molecule has 1 aliphatic heterocycles. The zero-order valence-electron chi connectivity index (χ0n) is 12.1. The van der Waals surface area contributed by atoms with Gasteiger partial charge in [0.05, 0.1) is 6.10 Å². The highest BCUT2D eigenvalue weighted by atomic mass is 16.6. The van der Waals surface area contributed by atoms with Crippen LogP contribution in [0.25, 0.3) is 5.69 Å². The van der Waals surface area contributed by atoms with Gasteiger partial charge in [0.25, 0.3) is 0 Å². The van der Waals surface area contributed by atoms with Crippen molar-refractivity contribution in [2.45, 2.75) is 32.3 Å². The van der Waals surface area contributed by atoms with Gasteiger partial charge in [0.15, 0.2) is 11.5 Å². The van der Waals surface area contributed by atoms with Gasteiger partial charge in [-0.3, -0.25) is 0 Å². The van der Waals surface area contributed by atoms with Crippen molar-refractivity contribution < 1.29 is 14.6 Å². The molecular weight excluding hydrogens is 266 g/mol. The van der Waals surface area contributed by atoms with E-state index in [1.807, 2.05) is 12.1 Å². The molecule has 1 N–H and O–H groups in total. The molecule has 2 heterocycles. The summed E-state index contributed by atoms with van der Waals surface area (Å²) in [7, 11) is 0. The maximum Gasteiger partial charge on any atom is 0.163 e. The summed E-state index contributed by atoms with van der Waals surface area (Å²) >= 11 is 0. The lowest BCUT2D eigenvalue weighted by atomic mass is 9.95. The van der Waals surface area contributed by atoms with Crippen molar-refractivity contribution in [2.75, 3.05) is 13.2 Å². The SMILES string of the molecule is Cc1cc2c(n1-c1ccc3c(c1)OCCO3)CCCC2O. The van der Waals surface area contributed by atoms with Crippen molar-refractivity contribution in [3.05, 3.63) is 41.2 Å². The van der Waals surface area contributed by atoms with E-state index in [9.17, 15) is 5.11 Å². The van der Waals surface area contributed by atoms with Crippen LogP contribution >= 0.6 is 0 Å². The number of aromatic nitrogens is 1. The maximum atomic E-state index is 10.2. The zero-order valence-corrected chi connectivity index (χ0v) is 12.1. The molecular formula is C17H19NO3. The fraction of sp³-hybridized carbons (Fsp3) is 0.412. The summed E-state index contributed by atoms with van der Waals surface area (Å²) in [6.45, 7) is 3.29. The van der Waals surface area contributed by atoms with E-state index in [0.29, 0.717) is 13.2 Å². The van der Waals surface area contributed by atoms with Crippen molar-refractivity contribution in [1.82, 2.24) is 4.57 Å². The van der Waals surface area contributed by atoms with Gasteiger partial charge < -0.3 is 19.1 Å². The molecule has 4 heteroatoms. The Hall–Kier alpha value is -1.94. The van der Waals surface area contributed by atoms with Crippen molar-refractivity contribution >= 4 is 0 Å². The topological polar surface area (TPSA) is 43.6 Å². The molecule has 0 saturated carbocycles. The molecule has 1 aromatic carbocycles. The highest BCUT2D eigenvalue weighted by molar-refractivity contribution is 5.52. The number of aliphatic hydroxyl groups excluding tert-OH is 1. The number of hydrogen-bond donors (Lipinski definition) is 1. The molecule has 0 fully saturated rings. The Morgan fingerprint density at radius 1 is 1.14 bits per heavy atom. The van der Waals surface area contributed by atoms with Gasteiger partial charge in [0.1, 0.15) is 13.2 Å². The number of nitrogens with zero attached hydrogens (tertiary/aromatic N) is 1. The molecule has 0 radical (unpaired) electrons. The van der Waals surface area contributed by atoms with E-state index in [4.69, 9.17) is 9.47 Å². The van der Waals surface area contributed by atoms with Crippen LogP contribution in [0.3, 0.4) is 0 Å². The molecule has 0 amide bonds. The van der Waals surface area contributed by atoms with Crippen molar-refractivity contribution in [3.8, 4) is 17.2 Å². The Kier molecular flexibility index (Phi) is 2.93. The first-order valence-electron chi connectivity index (χ1n) is 7.53. The van der Waals surface area contributed by atoms with Gasteiger partial charge in [0, 0.05) is 28.7 Å². The predicted octanol–water partition coefficient (Wildman–Crippen LogP) is 2.93. The van der Waals surface area contributed by atoms with Crippen LogP contribution in [-0.4, -0.2) is 22.9 Å². The number of hydrogen-bond acceptors (Lipinski definition) is 3. The lowest BCUT2D eigenvalue weighted by Crippen LogP contribution is -2.16. The average molecular weight is 285 g/mol. The van der Waals surface area contributed by atoms with Gasteiger partial charge >= 0.3 is 0 Å². The van der Waals surface area contributed by atoms with Crippen molar-refractivity contribution in [1.29, 1.82) is 0 Å². The smallest absolute Gasteiger partial charge is 0.163 e. The summed E-state index contributed by atoms with van der Waals surface area (Å²) in [5, 5.41) is 10.2. The zero-order chi connectivity index (χ0) is 14.4. The first-order valence-corrected chi connectivity index (χ1v) is 7.53. The van der Waals surface area contributed by atoms with Crippen molar-refractivity contribution in [2.24, 2.45) is 0 Å². The Bertz CT molecular complexity index is 690. The molecule has 1 aromatic heterocycles. The molecule has 2 aromatic rings. The minimum Gasteiger partial charge on any atom is -0.486 e. The second kappa shape index (κ2) is 4.81. The number of benzene rings is 1. The molecule has 0 bridgehead atoms. The van der Waals surface area contributed by atoms with Crippen LogP contribution in [0, 0.1) is 6.92 Å². The third-order valence-electron chi connectivity index (χ3n) is 4.35. The van der Waals surface area contributed by atoms with Gasteiger partial charge in [-0.15, -0.1) is 0 Å². The van der Waals surface area contributed by atoms with Gasteiger partial charge in [-0.25, -0.2) is 0 Å². The van der Waals surface area contributed by atoms with Gasteiger partial charge in [-0.1, -0.05) is 0 Å². The van der Waals surface area contributed by atoms with Crippen molar-refractivity contribution in [3.63, 3.8) is 0 Å². The third kappa shape index (κ3) is 2.02. The molecule has 0 spiro atoms. The highest BCUT2D eigenvalue weighted by Gasteiger charge is 2.24. The van der Waals surface area contributed by atoms with E-state index in [-0.39, 0.29) is 6.10 Å². The normalized spacial score (nSPS) is 20.2. The first-order chi connectivity index (χ1) is 10.2. The van der Waals surface area contributed by atoms with Crippen LogP contribution in [0.1, 0.15) is 35.9 Å². The molecule has 21 heavy (non-hydrogen) atoms. The Morgan fingerprint density at radius 2 is 1.95 bits per heavy atom. The van der Waals surface area contributed by atoms with Crippen LogP contribution in [0.4, 0.5) is 0 Å². The number of fused-ring (bicyclic) bond motifs is 2. The quantitative estimate of drug-likeness (QED) is 0.876. The maximum absolute atomic E-state index is 10.2. The number of rotatable bonds is 1. The summed E-state index contributed by atoms with van der Waals surface area (Å²) in [6.07, 6.45) is 2.57. The number of aliphatic hydroxyl groups is 1.